The average Bonchev–Trinajstić information content (AvgIpc) is 3.26. The highest BCUT2D eigenvalue weighted by Crippen LogP contribution is 2.52. The second-order valence-corrected chi connectivity index (χ2v) is 20.9. The van der Waals surface area contributed by atoms with Crippen molar-refractivity contribution in [2.45, 2.75) is 289 Å². The monoisotopic (exact) mass is 888 g/mol. The Morgan fingerprint density at radius 2 is 0.889 bits per heavy atom. The molecule has 2 aliphatic heterocycles. The number of ether oxygens (including phenoxy) is 4. The van der Waals surface area contributed by atoms with Gasteiger partial charge in [-0.05, 0) is 108 Å². The quantitative estimate of drug-likeness (QED) is 0.0340. The first-order valence-electron chi connectivity index (χ1n) is 27.6. The molecule has 4 bridgehead atoms. The Kier molecular flexibility index (Phi) is 30.6. The van der Waals surface area contributed by atoms with Crippen molar-refractivity contribution in [3.8, 4) is 0 Å². The predicted octanol–water partition coefficient (Wildman–Crippen LogP) is 14.8. The summed E-state index contributed by atoms with van der Waals surface area (Å²) in [6.45, 7) is 10.2. The Morgan fingerprint density at radius 1 is 0.492 bits per heavy atom. The Hall–Kier alpha value is -1.67. The Morgan fingerprint density at radius 3 is 1.32 bits per heavy atom. The van der Waals surface area contributed by atoms with E-state index >= 15 is 0 Å². The minimum absolute atomic E-state index is 0.0414. The van der Waals surface area contributed by atoms with Crippen molar-refractivity contribution in [3.05, 3.63) is 0 Å². The summed E-state index contributed by atoms with van der Waals surface area (Å²) in [6, 6.07) is 1.18. The highest BCUT2D eigenvalue weighted by molar-refractivity contribution is 5.71. The Labute approximate surface area is 388 Å². The van der Waals surface area contributed by atoms with Gasteiger partial charge in [-0.25, -0.2) is 4.79 Å². The highest BCUT2D eigenvalue weighted by atomic mass is 16.6. The fourth-order valence-electron chi connectivity index (χ4n) is 11.4. The molecule has 0 N–H and O–H groups in total. The van der Waals surface area contributed by atoms with Crippen molar-refractivity contribution in [2.75, 3.05) is 26.9 Å². The summed E-state index contributed by atoms with van der Waals surface area (Å²) in [5.74, 6) is 1.81. The van der Waals surface area contributed by atoms with Gasteiger partial charge in [0.2, 0.25) is 0 Å². The Balaban J connectivity index is 1.32. The van der Waals surface area contributed by atoms with Gasteiger partial charge in [-0.3, -0.25) is 9.59 Å². The van der Waals surface area contributed by atoms with Gasteiger partial charge in [-0.15, -0.1) is 0 Å². The fraction of sp³-hybridized carbons (Fsp3) is 0.945. The standard InChI is InChI=1S/C55H101NO7/c1-6-10-20-28-46(29-21-11-7-2)36-38-60-52(57)34-26-18-14-16-24-32-51(63-54(59)45-62-55-42-48-40-49(43-55)56(5)50(41-48)44-55)33-25-17-15-19-27-35-53(58)61-39-37-47(30-22-12-8-3)31-23-13-9-4/h46-51H,6-45H2,1-5H3. The van der Waals surface area contributed by atoms with Gasteiger partial charge >= 0.3 is 17.9 Å². The molecule has 4 aliphatic rings. The molecule has 0 amide bonds. The maximum absolute atomic E-state index is 13.3. The molecular weight excluding hydrogens is 787 g/mol. The van der Waals surface area contributed by atoms with E-state index in [2.05, 4.69) is 39.6 Å². The summed E-state index contributed by atoms with van der Waals surface area (Å²) in [5.41, 5.74) is -0.147. The molecule has 2 aliphatic carbocycles. The van der Waals surface area contributed by atoms with Crippen molar-refractivity contribution in [1.82, 2.24) is 4.90 Å². The molecule has 2 heterocycles. The minimum Gasteiger partial charge on any atom is -0.466 e. The summed E-state index contributed by atoms with van der Waals surface area (Å²) >= 11 is 0. The number of esters is 3. The first-order valence-corrected chi connectivity index (χ1v) is 27.6. The van der Waals surface area contributed by atoms with E-state index in [-0.39, 0.29) is 36.2 Å². The molecule has 368 valence electrons. The molecule has 0 radical (unpaired) electrons. The van der Waals surface area contributed by atoms with Gasteiger partial charge < -0.3 is 23.8 Å². The van der Waals surface area contributed by atoms with E-state index in [9.17, 15) is 14.4 Å². The molecule has 0 spiro atoms. The third-order valence-corrected chi connectivity index (χ3v) is 15.3. The lowest BCUT2D eigenvalue weighted by Gasteiger charge is -2.60. The van der Waals surface area contributed by atoms with Crippen LogP contribution in [0.1, 0.15) is 265 Å². The van der Waals surface area contributed by atoms with Crippen LogP contribution in [0.15, 0.2) is 0 Å². The molecule has 0 aromatic heterocycles. The molecular formula is C55H101NO7. The van der Waals surface area contributed by atoms with E-state index < -0.39 is 0 Å². The number of carbonyl (C=O) groups excluding carboxylic acids is 3. The van der Waals surface area contributed by atoms with E-state index in [0.717, 1.165) is 115 Å². The average molecular weight is 888 g/mol. The number of hydrogen-bond acceptors (Lipinski definition) is 8. The maximum atomic E-state index is 13.3. The third kappa shape index (κ3) is 24.6. The van der Waals surface area contributed by atoms with Gasteiger partial charge in [-0.1, -0.05) is 169 Å². The van der Waals surface area contributed by atoms with Crippen LogP contribution in [-0.4, -0.2) is 73.5 Å². The molecule has 4 fully saturated rings. The lowest BCUT2D eigenvalue weighted by Crippen LogP contribution is -2.64. The van der Waals surface area contributed by atoms with Crippen LogP contribution in [-0.2, 0) is 33.3 Å². The van der Waals surface area contributed by atoms with Crippen molar-refractivity contribution >= 4 is 17.9 Å². The zero-order chi connectivity index (χ0) is 45.4. The molecule has 2 saturated carbocycles. The molecule has 8 heteroatoms. The summed E-state index contributed by atoms with van der Waals surface area (Å²) in [5, 5.41) is 0. The molecule has 63 heavy (non-hydrogen) atoms. The predicted molar refractivity (Wildman–Crippen MR) is 260 cm³/mol. The van der Waals surface area contributed by atoms with Gasteiger partial charge in [0, 0.05) is 24.9 Å². The second kappa shape index (κ2) is 34.6. The van der Waals surface area contributed by atoms with Crippen LogP contribution in [0.3, 0.4) is 0 Å². The first-order chi connectivity index (χ1) is 30.7. The molecule has 0 aromatic carbocycles. The van der Waals surface area contributed by atoms with Crippen LogP contribution in [0, 0.1) is 17.8 Å². The zero-order valence-electron chi connectivity index (χ0n) is 42.1. The highest BCUT2D eigenvalue weighted by Gasteiger charge is 2.54. The van der Waals surface area contributed by atoms with E-state index in [4.69, 9.17) is 18.9 Å². The van der Waals surface area contributed by atoms with Crippen LogP contribution in [0.5, 0.6) is 0 Å². The minimum atomic E-state index is -0.206. The molecule has 2 unspecified atom stereocenters. The summed E-state index contributed by atoms with van der Waals surface area (Å²) in [6.07, 6.45) is 41.0. The van der Waals surface area contributed by atoms with Gasteiger partial charge in [0.25, 0.3) is 0 Å². The topological polar surface area (TPSA) is 91.4 Å². The van der Waals surface area contributed by atoms with E-state index in [1.165, 1.54) is 116 Å². The van der Waals surface area contributed by atoms with Crippen molar-refractivity contribution in [3.63, 3.8) is 0 Å². The van der Waals surface area contributed by atoms with Gasteiger partial charge in [0.05, 0.1) is 18.8 Å². The van der Waals surface area contributed by atoms with E-state index in [0.29, 0.717) is 50.0 Å². The summed E-state index contributed by atoms with van der Waals surface area (Å²) in [7, 11) is 2.27. The van der Waals surface area contributed by atoms with Crippen molar-refractivity contribution in [2.24, 2.45) is 17.8 Å². The number of rotatable bonds is 42. The largest absolute Gasteiger partial charge is 0.466 e. The SMILES string of the molecule is CCCCCC(CCCCC)CCOC(=O)CCCCCCCC(CCCCCCCC(=O)OCCC(CCCCC)CCCCC)OC(=O)COC12CC3CC(C1)N(C)C(C3)C2. The third-order valence-electron chi connectivity index (χ3n) is 15.3. The number of nitrogens with zero attached hydrogens (tertiary/aromatic N) is 1. The van der Waals surface area contributed by atoms with E-state index in [1.54, 1.807) is 0 Å². The molecule has 2 atom stereocenters. The molecule has 8 nitrogen and oxygen atoms in total. The fourth-order valence-corrected chi connectivity index (χ4v) is 11.4. The zero-order valence-corrected chi connectivity index (χ0v) is 42.1. The van der Waals surface area contributed by atoms with Crippen LogP contribution in [0.25, 0.3) is 0 Å². The molecule has 4 rings (SSSR count). The maximum Gasteiger partial charge on any atom is 0.332 e. The summed E-state index contributed by atoms with van der Waals surface area (Å²) < 4.78 is 24.0. The number of piperidine rings is 2. The normalized spacial score (nSPS) is 20.7. The van der Waals surface area contributed by atoms with Gasteiger partial charge in [0.1, 0.15) is 12.7 Å². The van der Waals surface area contributed by atoms with Crippen LogP contribution < -0.4 is 0 Å². The van der Waals surface area contributed by atoms with Gasteiger partial charge in [-0.2, -0.15) is 0 Å². The molecule has 0 aromatic rings. The van der Waals surface area contributed by atoms with Crippen LogP contribution >= 0.6 is 0 Å². The van der Waals surface area contributed by atoms with E-state index in [1.807, 2.05) is 0 Å². The summed E-state index contributed by atoms with van der Waals surface area (Å²) in [4.78, 5) is 40.9. The van der Waals surface area contributed by atoms with Crippen LogP contribution in [0.4, 0.5) is 0 Å². The van der Waals surface area contributed by atoms with Gasteiger partial charge in [0.15, 0.2) is 0 Å². The lowest BCUT2D eigenvalue weighted by atomic mass is 9.61. The Bertz CT molecular complexity index is 1090. The molecule has 2 saturated heterocycles. The number of carbonyl (C=O) groups is 3. The second-order valence-electron chi connectivity index (χ2n) is 20.9. The number of hydrogen-bond donors (Lipinski definition) is 0. The smallest absolute Gasteiger partial charge is 0.332 e. The van der Waals surface area contributed by atoms with Crippen LogP contribution in [0.2, 0.25) is 0 Å². The van der Waals surface area contributed by atoms with Crippen molar-refractivity contribution in [1.29, 1.82) is 0 Å². The lowest BCUT2D eigenvalue weighted by molar-refractivity contribution is -0.194. The van der Waals surface area contributed by atoms with Crippen molar-refractivity contribution < 1.29 is 33.3 Å². The first kappa shape index (κ1) is 55.7. The number of unbranched alkanes of at least 4 members (excludes halogenated alkanes) is 16.